The Balaban J connectivity index is 1.07. The number of benzene rings is 8. The zero-order valence-electron chi connectivity index (χ0n) is 29.9. The summed E-state index contributed by atoms with van der Waals surface area (Å²) in [6, 6.07) is 73.4. The van der Waals surface area contributed by atoms with Crippen LogP contribution in [0.2, 0.25) is 0 Å². The largest absolute Gasteiger partial charge is 0.226 e. The van der Waals surface area contributed by atoms with Crippen LogP contribution in [-0.2, 0) is 0 Å². The molecule has 0 saturated heterocycles. The molecule has 258 valence electrons. The van der Waals surface area contributed by atoms with Gasteiger partial charge in [0.25, 0.3) is 0 Å². The summed E-state index contributed by atoms with van der Waals surface area (Å²) < 4.78 is 2.31. The number of fused-ring (bicyclic) bond motifs is 3. The maximum absolute atomic E-state index is 5.34. The second-order valence-corrected chi connectivity index (χ2v) is 14.8. The molecule has 0 radical (unpaired) electrons. The van der Waals surface area contributed by atoms with Gasteiger partial charge >= 0.3 is 0 Å². The van der Waals surface area contributed by atoms with Gasteiger partial charge in [-0.3, -0.25) is 0 Å². The standard InChI is InChI=1S/C52H34N2S/c1-4-15-35(16-5-1)38-21-13-25-43(32-38)49-51-50(46-27-10-11-28-48(46)55-51)54-52(53-49)44-26-14-24-41(33-44)39-22-12-23-40(31-39)42-29-30-45(36-17-6-2-7-18-36)47(34-42)37-19-8-3-9-20-37/h1-34H. The molecule has 2 aromatic heterocycles. The Morgan fingerprint density at radius 3 is 1.45 bits per heavy atom. The summed E-state index contributed by atoms with van der Waals surface area (Å²) in [5.74, 6) is 0.721. The van der Waals surface area contributed by atoms with Crippen molar-refractivity contribution in [2.45, 2.75) is 0 Å². The van der Waals surface area contributed by atoms with E-state index < -0.39 is 0 Å². The highest BCUT2D eigenvalue weighted by molar-refractivity contribution is 7.26. The molecule has 0 saturated carbocycles. The van der Waals surface area contributed by atoms with Crippen LogP contribution >= 0.6 is 11.3 Å². The number of thiophene rings is 1. The molecule has 0 atom stereocenters. The normalized spacial score (nSPS) is 11.3. The van der Waals surface area contributed by atoms with E-state index in [9.17, 15) is 0 Å². The third kappa shape index (κ3) is 6.31. The summed E-state index contributed by atoms with van der Waals surface area (Å²) in [7, 11) is 0. The van der Waals surface area contributed by atoms with Gasteiger partial charge in [-0.1, -0.05) is 176 Å². The fourth-order valence-electron chi connectivity index (χ4n) is 7.56. The summed E-state index contributed by atoms with van der Waals surface area (Å²) in [4.78, 5) is 10.6. The first-order chi connectivity index (χ1) is 27.2. The van der Waals surface area contributed by atoms with Crippen molar-refractivity contribution in [3.05, 3.63) is 206 Å². The van der Waals surface area contributed by atoms with Crippen molar-refractivity contribution in [1.82, 2.24) is 9.97 Å². The van der Waals surface area contributed by atoms with Gasteiger partial charge in [-0.05, 0) is 86.0 Å². The van der Waals surface area contributed by atoms with Gasteiger partial charge in [-0.2, -0.15) is 0 Å². The molecule has 0 aliphatic heterocycles. The zero-order chi connectivity index (χ0) is 36.6. The molecule has 8 aromatic carbocycles. The minimum absolute atomic E-state index is 0.721. The molecule has 2 nitrogen and oxygen atoms in total. The van der Waals surface area contributed by atoms with E-state index in [0.29, 0.717) is 0 Å². The van der Waals surface area contributed by atoms with Crippen molar-refractivity contribution in [3.63, 3.8) is 0 Å². The molecule has 2 heterocycles. The third-order valence-electron chi connectivity index (χ3n) is 10.3. The van der Waals surface area contributed by atoms with E-state index >= 15 is 0 Å². The molecule has 0 aliphatic rings. The number of hydrogen-bond acceptors (Lipinski definition) is 3. The van der Waals surface area contributed by atoms with Gasteiger partial charge in [0.1, 0.15) is 0 Å². The Labute approximate surface area is 324 Å². The Bertz CT molecular complexity index is 2970. The SMILES string of the molecule is c1ccc(-c2cccc(-c3nc(-c4cccc(-c5cccc(-c6ccc(-c7ccccc7)c(-c7ccccc7)c6)c5)c4)nc4c3sc3ccccc34)c2)cc1. The van der Waals surface area contributed by atoms with Crippen LogP contribution in [0.25, 0.3) is 98.6 Å². The van der Waals surface area contributed by atoms with E-state index in [0.717, 1.165) is 49.4 Å². The Kier molecular flexibility index (Phi) is 8.40. The van der Waals surface area contributed by atoms with E-state index in [-0.39, 0.29) is 0 Å². The second-order valence-electron chi connectivity index (χ2n) is 13.8. The van der Waals surface area contributed by atoms with Crippen LogP contribution in [-0.4, -0.2) is 9.97 Å². The second kappa shape index (κ2) is 14.1. The van der Waals surface area contributed by atoms with Crippen LogP contribution in [0.4, 0.5) is 0 Å². The minimum Gasteiger partial charge on any atom is -0.226 e. The summed E-state index contributed by atoms with van der Waals surface area (Å²) in [5, 5.41) is 1.16. The van der Waals surface area contributed by atoms with Gasteiger partial charge in [0.2, 0.25) is 0 Å². The van der Waals surface area contributed by atoms with E-state index in [1.807, 2.05) is 0 Å². The minimum atomic E-state index is 0.721. The molecule has 0 bridgehead atoms. The van der Waals surface area contributed by atoms with E-state index in [4.69, 9.17) is 9.97 Å². The van der Waals surface area contributed by atoms with Crippen LogP contribution in [0.3, 0.4) is 0 Å². The molecular weight excluding hydrogens is 685 g/mol. The quantitative estimate of drug-likeness (QED) is 0.164. The maximum Gasteiger partial charge on any atom is 0.160 e. The van der Waals surface area contributed by atoms with Crippen molar-refractivity contribution >= 4 is 31.6 Å². The highest BCUT2D eigenvalue weighted by Gasteiger charge is 2.18. The van der Waals surface area contributed by atoms with E-state index in [1.165, 1.54) is 49.2 Å². The van der Waals surface area contributed by atoms with Gasteiger partial charge < -0.3 is 0 Å². The molecular formula is C52H34N2S. The van der Waals surface area contributed by atoms with Crippen molar-refractivity contribution in [1.29, 1.82) is 0 Å². The first kappa shape index (κ1) is 32.7. The monoisotopic (exact) mass is 718 g/mol. The molecule has 10 rings (SSSR count). The molecule has 0 aliphatic carbocycles. The fraction of sp³-hybridized carbons (Fsp3) is 0. The molecule has 0 spiro atoms. The molecule has 55 heavy (non-hydrogen) atoms. The van der Waals surface area contributed by atoms with Gasteiger partial charge in [0, 0.05) is 21.2 Å². The van der Waals surface area contributed by atoms with Crippen molar-refractivity contribution in [2.75, 3.05) is 0 Å². The topological polar surface area (TPSA) is 25.8 Å². The molecule has 0 N–H and O–H groups in total. The summed E-state index contributed by atoms with van der Waals surface area (Å²) in [5.41, 5.74) is 15.8. The predicted octanol–water partition coefficient (Wildman–Crippen LogP) is 14.5. The van der Waals surface area contributed by atoms with Crippen LogP contribution in [0.15, 0.2) is 206 Å². The van der Waals surface area contributed by atoms with E-state index in [2.05, 4.69) is 206 Å². The number of rotatable bonds is 7. The van der Waals surface area contributed by atoms with Crippen molar-refractivity contribution < 1.29 is 0 Å². The van der Waals surface area contributed by atoms with Crippen LogP contribution < -0.4 is 0 Å². The van der Waals surface area contributed by atoms with Crippen LogP contribution in [0.1, 0.15) is 0 Å². The van der Waals surface area contributed by atoms with E-state index in [1.54, 1.807) is 11.3 Å². The number of hydrogen-bond donors (Lipinski definition) is 0. The lowest BCUT2D eigenvalue weighted by atomic mass is 9.90. The molecule has 3 heteroatoms. The summed E-state index contributed by atoms with van der Waals surface area (Å²) in [6.45, 7) is 0. The average molecular weight is 719 g/mol. The molecule has 0 amide bonds. The zero-order valence-corrected chi connectivity index (χ0v) is 30.7. The smallest absolute Gasteiger partial charge is 0.160 e. The molecule has 0 fully saturated rings. The lowest BCUT2D eigenvalue weighted by Crippen LogP contribution is -1.94. The van der Waals surface area contributed by atoms with Gasteiger partial charge in [0.05, 0.1) is 15.9 Å². The Hall–Kier alpha value is -6.94. The van der Waals surface area contributed by atoms with Gasteiger partial charge in [-0.15, -0.1) is 11.3 Å². The van der Waals surface area contributed by atoms with Crippen molar-refractivity contribution in [3.8, 4) is 78.3 Å². The lowest BCUT2D eigenvalue weighted by Gasteiger charge is -2.14. The first-order valence-electron chi connectivity index (χ1n) is 18.6. The lowest BCUT2D eigenvalue weighted by molar-refractivity contribution is 1.24. The molecule has 0 unspecified atom stereocenters. The van der Waals surface area contributed by atoms with Gasteiger partial charge in [-0.25, -0.2) is 9.97 Å². The van der Waals surface area contributed by atoms with Gasteiger partial charge in [0.15, 0.2) is 5.82 Å². The maximum atomic E-state index is 5.34. The first-order valence-corrected chi connectivity index (χ1v) is 19.4. The highest BCUT2D eigenvalue weighted by atomic mass is 32.1. The number of aromatic nitrogens is 2. The van der Waals surface area contributed by atoms with Crippen LogP contribution in [0, 0.1) is 0 Å². The van der Waals surface area contributed by atoms with Crippen molar-refractivity contribution in [2.24, 2.45) is 0 Å². The summed E-state index contributed by atoms with van der Waals surface area (Å²) >= 11 is 1.76. The Morgan fingerprint density at radius 2 is 0.782 bits per heavy atom. The highest BCUT2D eigenvalue weighted by Crippen LogP contribution is 2.41. The predicted molar refractivity (Wildman–Crippen MR) is 233 cm³/mol. The fourth-order valence-corrected chi connectivity index (χ4v) is 8.71. The third-order valence-corrected chi connectivity index (χ3v) is 11.5. The average Bonchev–Trinajstić information content (AvgIpc) is 3.66. The Morgan fingerprint density at radius 1 is 0.309 bits per heavy atom. The summed E-state index contributed by atoms with van der Waals surface area (Å²) in [6.07, 6.45) is 0. The van der Waals surface area contributed by atoms with Crippen LogP contribution in [0.5, 0.6) is 0 Å². The molecule has 10 aromatic rings. The number of nitrogens with zero attached hydrogens (tertiary/aromatic N) is 2.